The van der Waals surface area contributed by atoms with E-state index in [0.717, 1.165) is 5.56 Å². The minimum atomic E-state index is -0.783. The number of halogens is 1. The Morgan fingerprint density at radius 2 is 1.35 bits per heavy atom. The van der Waals surface area contributed by atoms with Crippen molar-refractivity contribution in [2.75, 3.05) is 39.6 Å². The molecule has 1 aromatic carbocycles. The summed E-state index contributed by atoms with van der Waals surface area (Å²) in [4.78, 5) is 15.8. The van der Waals surface area contributed by atoms with E-state index in [2.05, 4.69) is 6.58 Å². The normalized spacial score (nSPS) is 12.5. The molecule has 3 N–H and O–H groups in total. The zero-order valence-electron chi connectivity index (χ0n) is 12.9. The fourth-order valence-electron chi connectivity index (χ4n) is 1.95. The Labute approximate surface area is 146 Å². The summed E-state index contributed by atoms with van der Waals surface area (Å²) in [5, 5.41) is 27.1. The van der Waals surface area contributed by atoms with Gasteiger partial charge in [-0.1, -0.05) is 36.9 Å². The van der Waals surface area contributed by atoms with Crippen molar-refractivity contribution >= 4 is 0 Å². The third kappa shape index (κ3) is 6.66. The number of hydroxylamine groups is 3. The van der Waals surface area contributed by atoms with Crippen LogP contribution in [0, 0.1) is 0 Å². The lowest BCUT2D eigenvalue weighted by Gasteiger charge is -2.34. The Morgan fingerprint density at radius 3 is 1.70 bits per heavy atom. The van der Waals surface area contributed by atoms with Gasteiger partial charge >= 0.3 is 0 Å². The van der Waals surface area contributed by atoms with E-state index >= 15 is 0 Å². The standard InChI is InChI=1S/C15H24NO6.BrH/c1-2-15(14-6-4-3-5-7-14)16(20-11-8-17,21-12-9-18)22-13-10-19;/h2-7,15,17-19H,1,8-13H2;1H/q+1;/p-1. The largest absolute Gasteiger partial charge is 1.00 e. The Hall–Kier alpha value is -0.840. The number of hydrogen-bond acceptors (Lipinski definition) is 6. The van der Waals surface area contributed by atoms with E-state index in [0.29, 0.717) is 0 Å². The molecule has 0 amide bonds. The third-order valence-corrected chi connectivity index (χ3v) is 2.79. The van der Waals surface area contributed by atoms with E-state index < -0.39 is 11.0 Å². The molecule has 0 spiro atoms. The molecular weight excluding hydrogens is 370 g/mol. The van der Waals surface area contributed by atoms with E-state index in [-0.39, 0.29) is 56.6 Å². The van der Waals surface area contributed by atoms with Crippen LogP contribution in [0.3, 0.4) is 0 Å². The lowest BCUT2D eigenvalue weighted by Crippen LogP contribution is -3.00. The summed E-state index contributed by atoms with van der Waals surface area (Å²) in [7, 11) is 0. The van der Waals surface area contributed by atoms with Gasteiger partial charge in [0, 0.05) is 5.56 Å². The number of aliphatic hydroxyl groups is 3. The average Bonchev–Trinajstić information content (AvgIpc) is 2.57. The van der Waals surface area contributed by atoms with Crippen LogP contribution in [0.4, 0.5) is 0 Å². The molecule has 0 aromatic heterocycles. The molecule has 0 heterocycles. The highest BCUT2D eigenvalue weighted by Crippen LogP contribution is 2.32. The number of nitrogens with zero attached hydrogens (tertiary/aromatic N) is 1. The highest BCUT2D eigenvalue weighted by atomic mass is 79.9. The highest BCUT2D eigenvalue weighted by molar-refractivity contribution is 5.20. The van der Waals surface area contributed by atoms with Crippen LogP contribution in [0.15, 0.2) is 43.0 Å². The van der Waals surface area contributed by atoms with E-state index in [4.69, 9.17) is 29.8 Å². The van der Waals surface area contributed by atoms with Gasteiger partial charge in [-0.05, 0) is 6.08 Å². The number of hydrogen-bond donors (Lipinski definition) is 3. The fourth-order valence-corrected chi connectivity index (χ4v) is 1.95. The van der Waals surface area contributed by atoms with Crippen molar-refractivity contribution in [1.82, 2.24) is 0 Å². The molecular formula is C15H24BrNO6. The third-order valence-electron chi connectivity index (χ3n) is 2.79. The van der Waals surface area contributed by atoms with E-state index in [1.165, 1.54) is 0 Å². The molecule has 1 unspecified atom stereocenters. The highest BCUT2D eigenvalue weighted by Gasteiger charge is 2.44. The minimum absolute atomic E-state index is 0. The zero-order valence-corrected chi connectivity index (χ0v) is 14.5. The summed E-state index contributed by atoms with van der Waals surface area (Å²) in [6, 6.07) is 8.72. The lowest BCUT2D eigenvalue weighted by molar-refractivity contribution is -1.38. The predicted octanol–water partition coefficient (Wildman–Crippen LogP) is -2.49. The van der Waals surface area contributed by atoms with Crippen LogP contribution in [0.5, 0.6) is 0 Å². The number of quaternary nitrogens is 1. The molecule has 0 saturated carbocycles. The zero-order chi connectivity index (χ0) is 16.3. The summed E-state index contributed by atoms with van der Waals surface area (Å²) in [6.07, 6.45) is 1.58. The van der Waals surface area contributed by atoms with E-state index in [1.807, 2.05) is 30.3 Å². The van der Waals surface area contributed by atoms with Gasteiger partial charge in [0.25, 0.3) is 0 Å². The van der Waals surface area contributed by atoms with Gasteiger partial charge in [0.2, 0.25) is 6.04 Å². The second-order valence-electron chi connectivity index (χ2n) is 4.30. The molecule has 1 aromatic rings. The van der Waals surface area contributed by atoms with Crippen molar-refractivity contribution in [2.45, 2.75) is 6.04 Å². The maximum Gasteiger partial charge on any atom is 0.230 e. The summed E-state index contributed by atoms with van der Waals surface area (Å²) >= 11 is 0. The molecule has 0 fully saturated rings. The molecule has 1 atom stereocenters. The first-order valence-electron chi connectivity index (χ1n) is 7.06. The lowest BCUT2D eigenvalue weighted by atomic mass is 10.1. The number of benzene rings is 1. The summed E-state index contributed by atoms with van der Waals surface area (Å²) < 4.78 is 0. The fraction of sp³-hybridized carbons (Fsp3) is 0.467. The van der Waals surface area contributed by atoms with Gasteiger partial charge in [-0.25, -0.2) is 0 Å². The molecule has 23 heavy (non-hydrogen) atoms. The first kappa shape index (κ1) is 22.2. The monoisotopic (exact) mass is 393 g/mol. The SMILES string of the molecule is C=CC(c1ccccc1)[N+](OCCO)(OCCO)OCCO.[Br-]. The molecule has 0 bridgehead atoms. The Bertz CT molecular complexity index is 398. The first-order chi connectivity index (χ1) is 10.7. The van der Waals surface area contributed by atoms with Crippen LogP contribution < -0.4 is 17.0 Å². The maximum atomic E-state index is 9.03. The van der Waals surface area contributed by atoms with Gasteiger partial charge in [0.1, 0.15) is 24.8 Å². The van der Waals surface area contributed by atoms with Crippen molar-refractivity contribution in [2.24, 2.45) is 0 Å². The second kappa shape index (κ2) is 12.6. The average molecular weight is 394 g/mol. The maximum absolute atomic E-state index is 9.03. The molecule has 0 aliphatic rings. The topological polar surface area (TPSA) is 88.4 Å². The van der Waals surface area contributed by atoms with Gasteiger partial charge in [-0.2, -0.15) is 0 Å². The van der Waals surface area contributed by atoms with Gasteiger partial charge in [0.05, 0.1) is 19.8 Å². The molecule has 0 aliphatic carbocycles. The van der Waals surface area contributed by atoms with Gasteiger partial charge in [-0.3, -0.25) is 0 Å². The predicted molar refractivity (Wildman–Crippen MR) is 78.8 cm³/mol. The van der Waals surface area contributed by atoms with Crippen LogP contribution in [0.2, 0.25) is 0 Å². The molecule has 8 heteroatoms. The Morgan fingerprint density at radius 1 is 0.913 bits per heavy atom. The van der Waals surface area contributed by atoms with Gasteiger partial charge in [0.15, 0.2) is 0 Å². The van der Waals surface area contributed by atoms with Crippen LogP contribution in [-0.2, 0) is 14.5 Å². The first-order valence-corrected chi connectivity index (χ1v) is 7.06. The molecule has 0 saturated heterocycles. The van der Waals surface area contributed by atoms with Crippen molar-refractivity contribution in [3.8, 4) is 0 Å². The quantitative estimate of drug-likeness (QED) is 0.207. The van der Waals surface area contributed by atoms with Crippen molar-refractivity contribution in [3.05, 3.63) is 48.6 Å². The second-order valence-corrected chi connectivity index (χ2v) is 4.30. The van der Waals surface area contributed by atoms with Crippen molar-refractivity contribution < 1.29 is 51.8 Å². The van der Waals surface area contributed by atoms with Crippen molar-refractivity contribution in [3.63, 3.8) is 0 Å². The minimum Gasteiger partial charge on any atom is -1.00 e. The molecule has 1 rings (SSSR count). The van der Waals surface area contributed by atoms with Crippen molar-refractivity contribution in [1.29, 1.82) is 0 Å². The molecule has 132 valence electrons. The van der Waals surface area contributed by atoms with E-state index in [1.54, 1.807) is 6.08 Å². The van der Waals surface area contributed by atoms with E-state index in [9.17, 15) is 0 Å². The smallest absolute Gasteiger partial charge is 0.230 e. The Kier molecular flexibility index (Phi) is 12.1. The molecule has 0 aliphatic heterocycles. The van der Waals surface area contributed by atoms with Gasteiger partial charge < -0.3 is 32.3 Å². The van der Waals surface area contributed by atoms with Crippen LogP contribution in [-0.4, -0.2) is 59.9 Å². The molecule has 7 nitrogen and oxygen atoms in total. The summed E-state index contributed by atoms with van der Waals surface area (Å²) in [5.74, 6) is 0. The number of rotatable bonds is 12. The van der Waals surface area contributed by atoms with Crippen LogP contribution in [0.25, 0.3) is 0 Å². The van der Waals surface area contributed by atoms with Crippen LogP contribution >= 0.6 is 0 Å². The van der Waals surface area contributed by atoms with Crippen LogP contribution in [0.1, 0.15) is 11.6 Å². The number of aliphatic hydroxyl groups excluding tert-OH is 3. The molecule has 0 radical (unpaired) electrons. The summed E-state index contributed by atoms with van der Waals surface area (Å²) in [5.41, 5.74) is 0.811. The Balaban J connectivity index is 0.00000484. The summed E-state index contributed by atoms with van der Waals surface area (Å²) in [6.45, 7) is 2.94. The van der Waals surface area contributed by atoms with Gasteiger partial charge in [-0.15, -0.1) is 14.5 Å².